The second-order valence-electron chi connectivity index (χ2n) is 6.18. The second kappa shape index (κ2) is 8.71. The maximum absolute atomic E-state index is 12.2. The lowest BCUT2D eigenvalue weighted by atomic mass is 9.91. The fourth-order valence-corrected chi connectivity index (χ4v) is 3.16. The van der Waals surface area contributed by atoms with E-state index in [9.17, 15) is 4.79 Å². The number of ether oxygens (including phenoxy) is 2. The van der Waals surface area contributed by atoms with Gasteiger partial charge < -0.3 is 14.8 Å². The van der Waals surface area contributed by atoms with Crippen LogP contribution in [-0.4, -0.2) is 61.9 Å². The zero-order valence-electron chi connectivity index (χ0n) is 14.3. The van der Waals surface area contributed by atoms with Crippen molar-refractivity contribution in [2.24, 2.45) is 0 Å². The molecule has 0 amide bonds. The van der Waals surface area contributed by atoms with Gasteiger partial charge >= 0.3 is 5.97 Å². The molecular formula is C16H32N2O3. The predicted octanol–water partition coefficient (Wildman–Crippen LogP) is 1.81. The van der Waals surface area contributed by atoms with Crippen molar-refractivity contribution in [2.45, 2.75) is 64.6 Å². The summed E-state index contributed by atoms with van der Waals surface area (Å²) in [7, 11) is 1.46. The van der Waals surface area contributed by atoms with E-state index in [0.717, 1.165) is 45.6 Å². The van der Waals surface area contributed by atoms with Crippen molar-refractivity contribution >= 4 is 5.97 Å². The largest absolute Gasteiger partial charge is 0.468 e. The first kappa shape index (κ1) is 18.4. The highest BCUT2D eigenvalue weighted by molar-refractivity contribution is 5.80. The number of hydrogen-bond donors (Lipinski definition) is 1. The summed E-state index contributed by atoms with van der Waals surface area (Å²) in [5.74, 6) is -0.177. The van der Waals surface area contributed by atoms with Crippen molar-refractivity contribution in [1.29, 1.82) is 0 Å². The smallest absolute Gasteiger partial charge is 0.325 e. The molecule has 124 valence electrons. The number of esters is 1. The molecule has 0 aromatic carbocycles. The molecule has 1 N–H and O–H groups in total. The van der Waals surface area contributed by atoms with Crippen LogP contribution in [0.15, 0.2) is 0 Å². The fourth-order valence-electron chi connectivity index (χ4n) is 3.16. The van der Waals surface area contributed by atoms with E-state index in [1.807, 2.05) is 6.92 Å². The lowest BCUT2D eigenvalue weighted by Crippen LogP contribution is -2.57. The van der Waals surface area contributed by atoms with Gasteiger partial charge in [0, 0.05) is 18.6 Å². The van der Waals surface area contributed by atoms with Gasteiger partial charge in [-0.25, -0.2) is 0 Å². The Bertz CT molecular complexity index is 325. The zero-order valence-corrected chi connectivity index (χ0v) is 14.3. The quantitative estimate of drug-likeness (QED) is 0.693. The monoisotopic (exact) mass is 300 g/mol. The summed E-state index contributed by atoms with van der Waals surface area (Å²) in [6.45, 7) is 11.8. The molecule has 0 bridgehead atoms. The number of hydrogen-bond acceptors (Lipinski definition) is 5. The van der Waals surface area contributed by atoms with E-state index in [1.165, 1.54) is 7.11 Å². The Morgan fingerprint density at radius 1 is 1.52 bits per heavy atom. The lowest BCUT2D eigenvalue weighted by molar-refractivity contribution is -0.149. The molecule has 1 heterocycles. The summed E-state index contributed by atoms with van der Waals surface area (Å²) in [6.07, 6.45) is 2.81. The summed E-state index contributed by atoms with van der Waals surface area (Å²) in [6, 6.07) is 0.758. The Morgan fingerprint density at radius 2 is 2.24 bits per heavy atom. The molecule has 5 nitrogen and oxygen atoms in total. The molecule has 0 aromatic heterocycles. The van der Waals surface area contributed by atoms with E-state index in [0.29, 0.717) is 12.1 Å². The normalized spacial score (nSPS) is 24.3. The van der Waals surface area contributed by atoms with Gasteiger partial charge in [-0.05, 0) is 39.7 Å². The average Bonchev–Trinajstić information content (AvgIpc) is 2.51. The molecule has 5 heteroatoms. The van der Waals surface area contributed by atoms with E-state index in [1.54, 1.807) is 0 Å². The van der Waals surface area contributed by atoms with Crippen LogP contribution in [0.25, 0.3) is 0 Å². The maximum atomic E-state index is 12.2. The number of carbonyl (C=O) groups excluding carboxylic acids is 1. The molecule has 0 aliphatic carbocycles. The van der Waals surface area contributed by atoms with Crippen LogP contribution in [0.1, 0.15) is 47.0 Å². The van der Waals surface area contributed by atoms with Gasteiger partial charge in [0.15, 0.2) is 0 Å². The van der Waals surface area contributed by atoms with E-state index in [2.05, 4.69) is 31.0 Å². The van der Waals surface area contributed by atoms with Gasteiger partial charge in [-0.3, -0.25) is 9.69 Å². The molecule has 0 saturated carbocycles. The number of morpholine rings is 1. The standard InChI is InChI=1S/C16H32N2O3/c1-6-8-17-16(4,15(19)20-5)11-13(3)18-9-10-21-12-14(18)7-2/h13-14,17H,6-12H2,1-5H3. The zero-order chi connectivity index (χ0) is 15.9. The van der Waals surface area contributed by atoms with Crippen LogP contribution in [0.3, 0.4) is 0 Å². The van der Waals surface area contributed by atoms with Crippen molar-refractivity contribution in [3.63, 3.8) is 0 Å². The highest BCUT2D eigenvalue weighted by atomic mass is 16.5. The van der Waals surface area contributed by atoms with Crippen molar-refractivity contribution in [2.75, 3.05) is 33.4 Å². The van der Waals surface area contributed by atoms with Crippen LogP contribution in [0.4, 0.5) is 0 Å². The predicted molar refractivity (Wildman–Crippen MR) is 84.4 cm³/mol. The summed E-state index contributed by atoms with van der Waals surface area (Å²) in [5.41, 5.74) is -0.624. The molecule has 0 radical (unpaired) electrons. The second-order valence-corrected chi connectivity index (χ2v) is 6.18. The molecule has 21 heavy (non-hydrogen) atoms. The van der Waals surface area contributed by atoms with E-state index < -0.39 is 5.54 Å². The van der Waals surface area contributed by atoms with Gasteiger partial charge in [0.05, 0.1) is 20.3 Å². The minimum atomic E-state index is -0.624. The number of carbonyl (C=O) groups is 1. The number of nitrogens with zero attached hydrogens (tertiary/aromatic N) is 1. The minimum Gasteiger partial charge on any atom is -0.468 e. The number of nitrogens with one attached hydrogen (secondary N) is 1. The van der Waals surface area contributed by atoms with Crippen molar-refractivity contribution < 1.29 is 14.3 Å². The average molecular weight is 300 g/mol. The molecule has 0 aromatic rings. The molecule has 1 rings (SSSR count). The van der Waals surface area contributed by atoms with Crippen LogP contribution in [0, 0.1) is 0 Å². The van der Waals surface area contributed by atoms with Crippen molar-refractivity contribution in [1.82, 2.24) is 10.2 Å². The first-order chi connectivity index (χ1) is 9.98. The van der Waals surface area contributed by atoms with Gasteiger partial charge in [-0.2, -0.15) is 0 Å². The third-order valence-electron chi connectivity index (χ3n) is 4.42. The van der Waals surface area contributed by atoms with E-state index in [4.69, 9.17) is 9.47 Å². The van der Waals surface area contributed by atoms with Crippen LogP contribution >= 0.6 is 0 Å². The van der Waals surface area contributed by atoms with Gasteiger partial charge in [0.25, 0.3) is 0 Å². The Morgan fingerprint density at radius 3 is 2.81 bits per heavy atom. The Labute approximate surface area is 129 Å². The minimum absolute atomic E-state index is 0.177. The topological polar surface area (TPSA) is 50.8 Å². The van der Waals surface area contributed by atoms with Crippen molar-refractivity contribution in [3.05, 3.63) is 0 Å². The summed E-state index contributed by atoms with van der Waals surface area (Å²) < 4.78 is 10.6. The van der Waals surface area contributed by atoms with Crippen LogP contribution in [0.5, 0.6) is 0 Å². The van der Waals surface area contributed by atoms with Gasteiger partial charge in [0.2, 0.25) is 0 Å². The molecule has 1 fully saturated rings. The van der Waals surface area contributed by atoms with E-state index >= 15 is 0 Å². The van der Waals surface area contributed by atoms with Crippen molar-refractivity contribution in [3.8, 4) is 0 Å². The van der Waals surface area contributed by atoms with E-state index in [-0.39, 0.29) is 5.97 Å². The Hall–Kier alpha value is -0.650. The summed E-state index contributed by atoms with van der Waals surface area (Å²) in [5, 5.41) is 3.37. The molecule has 1 saturated heterocycles. The third kappa shape index (κ3) is 4.94. The molecule has 1 aliphatic rings. The Kier molecular flexibility index (Phi) is 7.63. The fraction of sp³-hybridized carbons (Fsp3) is 0.938. The molecule has 0 spiro atoms. The van der Waals surface area contributed by atoms with Crippen LogP contribution < -0.4 is 5.32 Å². The first-order valence-corrected chi connectivity index (χ1v) is 8.15. The number of rotatable bonds is 8. The van der Waals surface area contributed by atoms with Crippen LogP contribution in [-0.2, 0) is 14.3 Å². The highest BCUT2D eigenvalue weighted by Crippen LogP contribution is 2.22. The van der Waals surface area contributed by atoms with Gasteiger partial charge in [-0.1, -0.05) is 13.8 Å². The molecule has 3 atom stereocenters. The first-order valence-electron chi connectivity index (χ1n) is 8.15. The molecule has 3 unspecified atom stereocenters. The number of methoxy groups -OCH3 is 1. The third-order valence-corrected chi connectivity index (χ3v) is 4.42. The summed E-state index contributed by atoms with van der Waals surface area (Å²) >= 11 is 0. The summed E-state index contributed by atoms with van der Waals surface area (Å²) in [4.78, 5) is 14.7. The van der Waals surface area contributed by atoms with Crippen LogP contribution in [0.2, 0.25) is 0 Å². The molecular weight excluding hydrogens is 268 g/mol. The van der Waals surface area contributed by atoms with Gasteiger partial charge in [-0.15, -0.1) is 0 Å². The highest BCUT2D eigenvalue weighted by Gasteiger charge is 2.38. The SMILES string of the molecule is CCCNC(C)(CC(C)N1CCOCC1CC)C(=O)OC. The lowest BCUT2D eigenvalue weighted by Gasteiger charge is -2.42. The Balaban J connectivity index is 2.74. The molecule has 1 aliphatic heterocycles. The van der Waals surface area contributed by atoms with Gasteiger partial charge in [0.1, 0.15) is 5.54 Å². The maximum Gasteiger partial charge on any atom is 0.325 e.